The van der Waals surface area contributed by atoms with Gasteiger partial charge in [0, 0.05) is 0 Å². The molecule has 7 atom stereocenters. The molecule has 210 valence electrons. The van der Waals surface area contributed by atoms with Crippen molar-refractivity contribution >= 4 is 20.4 Å². The lowest BCUT2D eigenvalue weighted by Crippen LogP contribution is -2.61. The second-order valence-electron chi connectivity index (χ2n) is 10.6. The summed E-state index contributed by atoms with van der Waals surface area (Å²) in [5.74, 6) is -0.812. The highest BCUT2D eigenvalue weighted by molar-refractivity contribution is 6.74. The Bertz CT molecular complexity index is 878. The summed E-state index contributed by atoms with van der Waals surface area (Å²) in [5.41, 5.74) is 0.758. The number of amides is 1. The zero-order chi connectivity index (χ0) is 28.0. The summed E-state index contributed by atoms with van der Waals surface area (Å²) >= 11 is 0. The Kier molecular flexibility index (Phi) is 11.1. The van der Waals surface area contributed by atoms with Crippen LogP contribution in [0.15, 0.2) is 30.3 Å². The molecule has 1 heterocycles. The van der Waals surface area contributed by atoms with Crippen LogP contribution in [-0.2, 0) is 34.8 Å². The van der Waals surface area contributed by atoms with Gasteiger partial charge in [0.1, 0.15) is 31.0 Å². The number of aliphatic hydroxyl groups excluding tert-OH is 3. The maximum atomic E-state index is 12.4. The summed E-state index contributed by atoms with van der Waals surface area (Å²) in [6.07, 6.45) is -8.99. The van der Waals surface area contributed by atoms with Gasteiger partial charge in [-0.1, -0.05) is 51.1 Å². The predicted molar refractivity (Wildman–Crippen MR) is 136 cm³/mol. The van der Waals surface area contributed by atoms with Crippen LogP contribution in [0, 0.1) is 0 Å². The highest BCUT2D eigenvalue weighted by Gasteiger charge is 2.47. The van der Waals surface area contributed by atoms with Crippen molar-refractivity contribution in [2.75, 3.05) is 13.7 Å². The standard InChI is InChI=1S/C25H41NO10Si/c1-15(18(22(30)32-5)26-24(31)33-13-16-11-9-8-10-12-16)35-23-21(29)20(28)19(27)17(36-23)14-34-37(6,7)25(2,3)4/h8-12,15,17-21,23,27-29H,13-14H2,1-7H3,(H,26,31)/t15-,17+,18+,19+,20-,21-,23-/m1/s1. The predicted octanol–water partition coefficient (Wildman–Crippen LogP) is 1.69. The van der Waals surface area contributed by atoms with Crippen molar-refractivity contribution in [3.05, 3.63) is 35.9 Å². The molecule has 0 bridgehead atoms. The molecule has 1 aromatic rings. The number of methoxy groups -OCH3 is 1. The molecule has 1 saturated heterocycles. The van der Waals surface area contributed by atoms with Crippen molar-refractivity contribution in [3.63, 3.8) is 0 Å². The van der Waals surface area contributed by atoms with Gasteiger partial charge < -0.3 is 44.0 Å². The van der Waals surface area contributed by atoms with Gasteiger partial charge >= 0.3 is 12.1 Å². The monoisotopic (exact) mass is 543 g/mol. The summed E-state index contributed by atoms with van der Waals surface area (Å²) < 4.78 is 27.6. The zero-order valence-electron chi connectivity index (χ0n) is 22.5. The summed E-state index contributed by atoms with van der Waals surface area (Å²) in [5, 5.41) is 33.7. The summed E-state index contributed by atoms with van der Waals surface area (Å²) in [7, 11) is -1.05. The number of nitrogens with one attached hydrogen (secondary N) is 1. The van der Waals surface area contributed by atoms with Crippen molar-refractivity contribution in [1.29, 1.82) is 0 Å². The Hall–Kier alpha value is -2.06. The van der Waals surface area contributed by atoms with Crippen LogP contribution < -0.4 is 5.32 Å². The van der Waals surface area contributed by atoms with E-state index in [-0.39, 0.29) is 18.3 Å². The number of hydrogen-bond donors (Lipinski definition) is 4. The Morgan fingerprint density at radius 3 is 2.27 bits per heavy atom. The average molecular weight is 544 g/mol. The quantitative estimate of drug-likeness (QED) is 0.253. The molecule has 1 aliphatic rings. The number of benzene rings is 1. The molecule has 1 aromatic carbocycles. The van der Waals surface area contributed by atoms with Crippen molar-refractivity contribution in [1.82, 2.24) is 5.32 Å². The third-order valence-corrected chi connectivity index (χ3v) is 11.3. The highest BCUT2D eigenvalue weighted by Crippen LogP contribution is 2.37. The molecule has 4 N–H and O–H groups in total. The Labute approximate surface area is 219 Å². The van der Waals surface area contributed by atoms with Crippen molar-refractivity contribution in [2.45, 2.75) is 95.3 Å². The summed E-state index contributed by atoms with van der Waals surface area (Å²) in [4.78, 5) is 24.7. The minimum atomic E-state index is -2.20. The smallest absolute Gasteiger partial charge is 0.408 e. The number of rotatable bonds is 10. The lowest BCUT2D eigenvalue weighted by Gasteiger charge is -2.43. The highest BCUT2D eigenvalue weighted by atomic mass is 28.4. The molecule has 1 aliphatic heterocycles. The molecule has 0 aromatic heterocycles. The average Bonchev–Trinajstić information content (AvgIpc) is 2.85. The maximum absolute atomic E-state index is 12.4. The van der Waals surface area contributed by atoms with Crippen LogP contribution in [0.4, 0.5) is 4.79 Å². The van der Waals surface area contributed by atoms with Crippen LogP contribution in [0.5, 0.6) is 0 Å². The zero-order valence-corrected chi connectivity index (χ0v) is 23.5. The second-order valence-corrected chi connectivity index (χ2v) is 15.4. The largest absolute Gasteiger partial charge is 0.467 e. The number of carbonyl (C=O) groups excluding carboxylic acids is 2. The van der Waals surface area contributed by atoms with Gasteiger partial charge in [-0.25, -0.2) is 9.59 Å². The molecular formula is C25H41NO10Si. The molecule has 0 aliphatic carbocycles. The summed E-state index contributed by atoms with van der Waals surface area (Å²) in [6, 6.07) is 7.69. The van der Waals surface area contributed by atoms with E-state index < -0.39 is 63.2 Å². The van der Waals surface area contributed by atoms with E-state index in [2.05, 4.69) is 26.1 Å². The number of alkyl carbamates (subject to hydrolysis) is 1. The van der Waals surface area contributed by atoms with E-state index in [0.717, 1.165) is 12.7 Å². The molecular weight excluding hydrogens is 502 g/mol. The van der Waals surface area contributed by atoms with E-state index in [0.29, 0.717) is 0 Å². The van der Waals surface area contributed by atoms with Gasteiger partial charge in [0.25, 0.3) is 0 Å². The molecule has 11 nitrogen and oxygen atoms in total. The van der Waals surface area contributed by atoms with Crippen LogP contribution in [0.25, 0.3) is 0 Å². The van der Waals surface area contributed by atoms with Gasteiger partial charge in [0.15, 0.2) is 20.6 Å². The first kappa shape index (κ1) is 31.2. The Morgan fingerprint density at radius 2 is 1.70 bits per heavy atom. The first-order valence-corrected chi connectivity index (χ1v) is 15.1. The molecule has 37 heavy (non-hydrogen) atoms. The molecule has 1 fully saturated rings. The van der Waals surface area contributed by atoms with Crippen LogP contribution in [-0.4, -0.2) is 92.3 Å². The molecule has 0 saturated carbocycles. The first-order valence-electron chi connectivity index (χ1n) is 12.2. The van der Waals surface area contributed by atoms with Crippen molar-refractivity contribution in [3.8, 4) is 0 Å². The van der Waals surface area contributed by atoms with E-state index in [1.807, 2.05) is 19.2 Å². The molecule has 0 unspecified atom stereocenters. The number of hydrogen-bond acceptors (Lipinski definition) is 10. The van der Waals surface area contributed by atoms with E-state index in [1.54, 1.807) is 24.3 Å². The molecule has 12 heteroatoms. The van der Waals surface area contributed by atoms with Gasteiger partial charge in [0.2, 0.25) is 0 Å². The second kappa shape index (κ2) is 13.1. The molecule has 1 amide bonds. The first-order chi connectivity index (χ1) is 17.2. The minimum Gasteiger partial charge on any atom is -0.467 e. The number of aliphatic hydroxyl groups is 3. The Morgan fingerprint density at radius 1 is 1.08 bits per heavy atom. The molecule has 0 spiro atoms. The number of ether oxygens (including phenoxy) is 4. The Balaban J connectivity index is 2.05. The van der Waals surface area contributed by atoms with Crippen LogP contribution >= 0.6 is 0 Å². The third-order valence-electron chi connectivity index (χ3n) is 6.84. The van der Waals surface area contributed by atoms with Crippen LogP contribution in [0.2, 0.25) is 18.1 Å². The van der Waals surface area contributed by atoms with E-state index in [4.69, 9.17) is 23.4 Å². The van der Waals surface area contributed by atoms with Crippen molar-refractivity contribution < 1.29 is 48.3 Å². The fourth-order valence-corrected chi connectivity index (χ4v) is 4.36. The van der Waals surface area contributed by atoms with Gasteiger partial charge in [0.05, 0.1) is 19.8 Å². The fourth-order valence-electron chi connectivity index (χ4n) is 3.35. The summed E-state index contributed by atoms with van der Waals surface area (Å²) in [6.45, 7) is 11.7. The normalized spacial score (nSPS) is 26.2. The van der Waals surface area contributed by atoms with Crippen LogP contribution in [0.3, 0.4) is 0 Å². The lowest BCUT2D eigenvalue weighted by atomic mass is 9.99. The SMILES string of the molecule is COC(=O)[C@@H](NC(=O)OCc1ccccc1)[C@@H](C)O[C@@H]1O[C@@H](CO[Si](C)(C)C(C)(C)C)[C@H](O)[C@@H](O)[C@H]1O. The molecule has 0 radical (unpaired) electrons. The van der Waals surface area contributed by atoms with Gasteiger partial charge in [-0.05, 0) is 30.6 Å². The maximum Gasteiger partial charge on any atom is 0.408 e. The number of carbonyl (C=O) groups is 2. The van der Waals surface area contributed by atoms with Gasteiger partial charge in [-0.15, -0.1) is 0 Å². The molecule has 2 rings (SSSR count). The van der Waals surface area contributed by atoms with Crippen molar-refractivity contribution in [2.24, 2.45) is 0 Å². The lowest BCUT2D eigenvalue weighted by molar-refractivity contribution is -0.310. The number of esters is 1. The third kappa shape index (κ3) is 8.47. The fraction of sp³-hybridized carbons (Fsp3) is 0.680. The van der Waals surface area contributed by atoms with E-state index >= 15 is 0 Å². The van der Waals surface area contributed by atoms with E-state index in [1.165, 1.54) is 6.92 Å². The minimum absolute atomic E-state index is 0.0136. The van der Waals surface area contributed by atoms with Gasteiger partial charge in [-0.3, -0.25) is 0 Å². The van der Waals surface area contributed by atoms with E-state index in [9.17, 15) is 24.9 Å². The van der Waals surface area contributed by atoms with Crippen LogP contribution in [0.1, 0.15) is 33.3 Å². The van der Waals surface area contributed by atoms with Gasteiger partial charge in [-0.2, -0.15) is 0 Å². The topological polar surface area (TPSA) is 153 Å².